The molecule has 1 aromatic heterocycles. The summed E-state index contributed by atoms with van der Waals surface area (Å²) >= 11 is 1.22. The van der Waals surface area contributed by atoms with Crippen LogP contribution in [0.15, 0.2) is 83.9 Å². The number of aromatic carboxylic acids is 1. The number of amides is 1. The van der Waals surface area contributed by atoms with Gasteiger partial charge in [0.15, 0.2) is 4.80 Å². The summed E-state index contributed by atoms with van der Waals surface area (Å²) in [7, 11) is 0. The van der Waals surface area contributed by atoms with E-state index in [1.807, 2.05) is 55.5 Å². The van der Waals surface area contributed by atoms with Gasteiger partial charge in [-0.1, -0.05) is 67.6 Å². The van der Waals surface area contributed by atoms with Crippen molar-refractivity contribution in [3.8, 4) is 17.2 Å². The minimum atomic E-state index is -1.05. The largest absolute Gasteiger partial charge is 0.477 e. The zero-order chi connectivity index (χ0) is 24.1. The quantitative estimate of drug-likeness (QED) is 0.425. The van der Waals surface area contributed by atoms with Crippen molar-refractivity contribution in [3.63, 3.8) is 0 Å². The lowest BCUT2D eigenvalue weighted by molar-refractivity contribution is 0.0683. The van der Waals surface area contributed by atoms with Crippen LogP contribution >= 0.6 is 11.3 Å². The molecule has 168 valence electrons. The van der Waals surface area contributed by atoms with E-state index in [1.165, 1.54) is 11.3 Å². The molecule has 4 aromatic rings. The zero-order valence-corrected chi connectivity index (χ0v) is 19.2. The van der Waals surface area contributed by atoms with Crippen LogP contribution in [0.3, 0.4) is 0 Å². The predicted molar refractivity (Wildman–Crippen MR) is 131 cm³/mol. The molecule has 6 nitrogen and oxygen atoms in total. The molecule has 4 rings (SSSR count). The van der Waals surface area contributed by atoms with Crippen molar-refractivity contribution in [3.05, 3.63) is 111 Å². The fourth-order valence-corrected chi connectivity index (χ4v) is 4.75. The maximum Gasteiger partial charge on any atom is 0.353 e. The summed E-state index contributed by atoms with van der Waals surface area (Å²) in [5.74, 6) is -1.47. The third-order valence-corrected chi connectivity index (χ3v) is 6.60. The smallest absolute Gasteiger partial charge is 0.353 e. The standard InChI is InChI=1S/C27H21N3O3S/c1-2-23-24(26(32)33)30(27(34-23)29-25(31)20-8-4-3-5-9-20)17-18-12-14-19(15-13-18)22-11-7-6-10-21(22)16-28/h3-15H,2,17H2,1H3,(H,32,33). The summed E-state index contributed by atoms with van der Waals surface area (Å²) in [6.45, 7) is 2.13. The number of hydrogen-bond donors (Lipinski definition) is 1. The lowest BCUT2D eigenvalue weighted by atomic mass is 9.99. The number of benzene rings is 3. The molecule has 0 unspecified atom stereocenters. The molecule has 7 heteroatoms. The van der Waals surface area contributed by atoms with Gasteiger partial charge in [-0.3, -0.25) is 4.79 Å². The van der Waals surface area contributed by atoms with E-state index in [1.54, 1.807) is 34.9 Å². The molecule has 0 aliphatic carbocycles. The molecule has 3 aromatic carbocycles. The highest BCUT2D eigenvalue weighted by Crippen LogP contribution is 2.24. The molecule has 1 amide bonds. The third kappa shape index (κ3) is 4.72. The Morgan fingerprint density at radius 3 is 2.32 bits per heavy atom. The van der Waals surface area contributed by atoms with Crippen LogP contribution in [0.2, 0.25) is 0 Å². The Morgan fingerprint density at radius 1 is 1.00 bits per heavy atom. The van der Waals surface area contributed by atoms with Gasteiger partial charge in [0.05, 0.1) is 18.2 Å². The summed E-state index contributed by atoms with van der Waals surface area (Å²) < 4.78 is 1.59. The van der Waals surface area contributed by atoms with Crippen LogP contribution in [0.4, 0.5) is 0 Å². The number of rotatable bonds is 6. The second-order valence-corrected chi connectivity index (χ2v) is 8.60. The van der Waals surface area contributed by atoms with Crippen molar-refractivity contribution >= 4 is 23.2 Å². The predicted octanol–water partition coefficient (Wildman–Crippen LogP) is 5.14. The Morgan fingerprint density at radius 2 is 1.68 bits per heavy atom. The molecule has 1 heterocycles. The highest BCUT2D eigenvalue weighted by Gasteiger charge is 2.20. The van der Waals surface area contributed by atoms with Gasteiger partial charge in [-0.05, 0) is 41.3 Å². The summed E-state index contributed by atoms with van der Waals surface area (Å²) in [4.78, 5) is 30.1. The normalized spacial score (nSPS) is 11.2. The fraction of sp³-hybridized carbons (Fsp3) is 0.111. The van der Waals surface area contributed by atoms with Gasteiger partial charge in [0.1, 0.15) is 5.69 Å². The number of nitrogens with zero attached hydrogens (tertiary/aromatic N) is 3. The Bertz CT molecular complexity index is 1460. The highest BCUT2D eigenvalue weighted by molar-refractivity contribution is 7.09. The maximum absolute atomic E-state index is 12.7. The first-order chi connectivity index (χ1) is 16.5. The molecule has 0 aliphatic rings. The Balaban J connectivity index is 1.74. The van der Waals surface area contributed by atoms with Crippen LogP contribution in [-0.2, 0) is 13.0 Å². The van der Waals surface area contributed by atoms with Crippen LogP contribution in [0.5, 0.6) is 0 Å². The van der Waals surface area contributed by atoms with E-state index in [0.717, 1.165) is 16.7 Å². The number of carboxylic acid groups (broad SMARTS) is 1. The van der Waals surface area contributed by atoms with Crippen LogP contribution < -0.4 is 4.80 Å². The number of carbonyl (C=O) groups excluding carboxylic acids is 1. The van der Waals surface area contributed by atoms with Crippen LogP contribution in [-0.4, -0.2) is 21.6 Å². The molecule has 0 bridgehead atoms. The molecular weight excluding hydrogens is 446 g/mol. The van der Waals surface area contributed by atoms with Gasteiger partial charge in [-0.15, -0.1) is 11.3 Å². The molecule has 0 atom stereocenters. The van der Waals surface area contributed by atoms with E-state index in [-0.39, 0.29) is 12.2 Å². The van der Waals surface area contributed by atoms with Crippen molar-refractivity contribution in [1.82, 2.24) is 4.57 Å². The number of carboxylic acids is 1. The lowest BCUT2D eigenvalue weighted by Gasteiger charge is -2.09. The van der Waals surface area contributed by atoms with E-state index in [9.17, 15) is 20.0 Å². The SMILES string of the molecule is CCc1sc(=NC(=O)c2ccccc2)n(Cc2ccc(-c3ccccc3C#N)cc2)c1C(=O)O. The summed E-state index contributed by atoms with van der Waals surface area (Å²) in [6, 6.07) is 25.9. The number of carbonyl (C=O) groups is 2. The first-order valence-corrected chi connectivity index (χ1v) is 11.5. The number of nitriles is 1. The van der Waals surface area contributed by atoms with Crippen LogP contribution in [0.1, 0.15) is 43.8 Å². The first kappa shape index (κ1) is 22.9. The molecular formula is C27H21N3O3S. The number of aryl methyl sites for hydroxylation is 1. The van der Waals surface area contributed by atoms with Crippen molar-refractivity contribution < 1.29 is 14.7 Å². The van der Waals surface area contributed by atoms with Gasteiger partial charge in [-0.2, -0.15) is 10.3 Å². The second-order valence-electron chi connectivity index (χ2n) is 7.54. The van der Waals surface area contributed by atoms with Gasteiger partial charge in [0, 0.05) is 10.4 Å². The minimum Gasteiger partial charge on any atom is -0.477 e. The van der Waals surface area contributed by atoms with Gasteiger partial charge in [-0.25, -0.2) is 4.79 Å². The summed E-state index contributed by atoms with van der Waals surface area (Å²) in [6.07, 6.45) is 0.519. The van der Waals surface area contributed by atoms with Crippen molar-refractivity contribution in [1.29, 1.82) is 5.26 Å². The minimum absolute atomic E-state index is 0.144. The van der Waals surface area contributed by atoms with Gasteiger partial charge >= 0.3 is 5.97 Å². The molecule has 0 fully saturated rings. The van der Waals surface area contributed by atoms with E-state index in [4.69, 9.17) is 0 Å². The van der Waals surface area contributed by atoms with E-state index >= 15 is 0 Å². The average Bonchev–Trinajstić information content (AvgIpc) is 3.22. The average molecular weight is 468 g/mol. The Hall–Kier alpha value is -4.28. The monoisotopic (exact) mass is 467 g/mol. The van der Waals surface area contributed by atoms with Gasteiger partial charge in [0.25, 0.3) is 5.91 Å². The first-order valence-electron chi connectivity index (χ1n) is 10.7. The highest BCUT2D eigenvalue weighted by atomic mass is 32.1. The van der Waals surface area contributed by atoms with Gasteiger partial charge < -0.3 is 9.67 Å². The topological polar surface area (TPSA) is 95.5 Å². The number of thiazole rings is 1. The maximum atomic E-state index is 12.7. The zero-order valence-electron chi connectivity index (χ0n) is 18.4. The molecule has 0 aliphatic heterocycles. The van der Waals surface area contributed by atoms with E-state index in [2.05, 4.69) is 11.1 Å². The summed E-state index contributed by atoms with van der Waals surface area (Å²) in [5, 5.41) is 19.3. The second kappa shape index (κ2) is 10.1. The van der Waals surface area contributed by atoms with Crippen molar-refractivity contribution in [2.75, 3.05) is 0 Å². The molecule has 0 spiro atoms. The third-order valence-electron chi connectivity index (χ3n) is 5.37. The van der Waals surface area contributed by atoms with Crippen LogP contribution in [0, 0.1) is 11.3 Å². The van der Waals surface area contributed by atoms with E-state index in [0.29, 0.717) is 27.2 Å². The Kier molecular flexibility index (Phi) is 6.81. The van der Waals surface area contributed by atoms with Crippen molar-refractivity contribution in [2.45, 2.75) is 19.9 Å². The lowest BCUT2D eigenvalue weighted by Crippen LogP contribution is -2.22. The van der Waals surface area contributed by atoms with Crippen LogP contribution in [0.25, 0.3) is 11.1 Å². The molecule has 34 heavy (non-hydrogen) atoms. The van der Waals surface area contributed by atoms with Gasteiger partial charge in [0.2, 0.25) is 0 Å². The molecule has 0 radical (unpaired) electrons. The molecule has 0 saturated carbocycles. The molecule has 0 saturated heterocycles. The summed E-state index contributed by atoms with van der Waals surface area (Å²) in [5.41, 5.74) is 3.76. The van der Waals surface area contributed by atoms with E-state index < -0.39 is 11.9 Å². The number of hydrogen-bond acceptors (Lipinski definition) is 4. The van der Waals surface area contributed by atoms with Crippen molar-refractivity contribution in [2.24, 2.45) is 4.99 Å². The fourth-order valence-electron chi connectivity index (χ4n) is 3.70. The number of aromatic nitrogens is 1. The Labute approximate surface area is 200 Å². The molecule has 1 N–H and O–H groups in total.